The highest BCUT2D eigenvalue weighted by Gasteiger charge is 2.30. The second kappa shape index (κ2) is 5.25. The van der Waals surface area contributed by atoms with Crippen molar-refractivity contribution in [3.05, 3.63) is 40.8 Å². The van der Waals surface area contributed by atoms with E-state index >= 15 is 0 Å². The van der Waals surface area contributed by atoms with Crippen molar-refractivity contribution < 1.29 is 9.90 Å². The van der Waals surface area contributed by atoms with Crippen LogP contribution in [0.3, 0.4) is 0 Å². The molecular formula is C14H14ClN3O2. The Kier molecular flexibility index (Phi) is 3.44. The molecule has 1 fully saturated rings. The summed E-state index contributed by atoms with van der Waals surface area (Å²) in [6.07, 6.45) is 5.78. The lowest BCUT2D eigenvalue weighted by atomic mass is 10.0. The third kappa shape index (κ3) is 2.18. The van der Waals surface area contributed by atoms with E-state index in [-0.39, 0.29) is 16.6 Å². The van der Waals surface area contributed by atoms with Crippen molar-refractivity contribution in [2.45, 2.75) is 31.6 Å². The number of carboxylic acids is 1. The minimum absolute atomic E-state index is 0.115. The summed E-state index contributed by atoms with van der Waals surface area (Å²) >= 11 is 6.22. The number of carboxylic acid groups (broad SMARTS) is 1. The summed E-state index contributed by atoms with van der Waals surface area (Å²) in [6.45, 7) is 0. The molecule has 0 aromatic carbocycles. The Morgan fingerprint density at radius 2 is 2.10 bits per heavy atom. The molecule has 6 heteroatoms. The van der Waals surface area contributed by atoms with Gasteiger partial charge < -0.3 is 5.11 Å². The fourth-order valence-electron chi connectivity index (χ4n) is 2.73. The predicted molar refractivity (Wildman–Crippen MR) is 74.5 cm³/mol. The summed E-state index contributed by atoms with van der Waals surface area (Å²) in [5.74, 6) is -0.313. The maximum absolute atomic E-state index is 11.5. The molecule has 2 aromatic rings. The number of hydrogen-bond acceptors (Lipinski definition) is 3. The quantitative estimate of drug-likeness (QED) is 0.942. The maximum Gasteiger partial charge on any atom is 0.340 e. The fourth-order valence-corrected chi connectivity index (χ4v) is 3.03. The molecule has 2 heterocycles. The number of pyridine rings is 1. The van der Waals surface area contributed by atoms with Crippen LogP contribution in [0.2, 0.25) is 5.15 Å². The number of hydrogen-bond donors (Lipinski definition) is 1. The van der Waals surface area contributed by atoms with Gasteiger partial charge in [-0.3, -0.25) is 0 Å². The molecule has 0 atom stereocenters. The van der Waals surface area contributed by atoms with Gasteiger partial charge in [0.2, 0.25) is 0 Å². The van der Waals surface area contributed by atoms with Crippen LogP contribution in [0.15, 0.2) is 24.4 Å². The van der Waals surface area contributed by atoms with Crippen LogP contribution in [-0.2, 0) is 0 Å². The smallest absolute Gasteiger partial charge is 0.340 e. The molecular weight excluding hydrogens is 278 g/mol. The van der Waals surface area contributed by atoms with Gasteiger partial charge in [0.25, 0.3) is 0 Å². The Morgan fingerprint density at radius 3 is 2.70 bits per heavy atom. The van der Waals surface area contributed by atoms with Crippen LogP contribution >= 0.6 is 11.6 Å². The monoisotopic (exact) mass is 291 g/mol. The zero-order valence-electron chi connectivity index (χ0n) is 10.8. The van der Waals surface area contributed by atoms with E-state index in [4.69, 9.17) is 11.6 Å². The standard InChI is InChI=1S/C14H14ClN3O2/c15-13-11(14(19)20)12(9-5-1-2-6-9)17-18(13)10-7-3-4-8-16-10/h3-4,7-9H,1-2,5-6H2,(H,19,20). The van der Waals surface area contributed by atoms with E-state index in [2.05, 4.69) is 10.1 Å². The second-order valence-corrected chi connectivity index (χ2v) is 5.30. The van der Waals surface area contributed by atoms with E-state index in [0.29, 0.717) is 11.5 Å². The summed E-state index contributed by atoms with van der Waals surface area (Å²) in [6, 6.07) is 5.36. The van der Waals surface area contributed by atoms with Crippen molar-refractivity contribution in [3.8, 4) is 5.82 Å². The Hall–Kier alpha value is -1.88. The lowest BCUT2D eigenvalue weighted by Gasteiger charge is -2.05. The highest BCUT2D eigenvalue weighted by Crippen LogP contribution is 2.37. The van der Waals surface area contributed by atoms with E-state index in [1.165, 1.54) is 4.68 Å². The fraction of sp³-hybridized carbons (Fsp3) is 0.357. The largest absolute Gasteiger partial charge is 0.478 e. The van der Waals surface area contributed by atoms with Gasteiger partial charge in [-0.25, -0.2) is 14.5 Å². The molecule has 1 saturated carbocycles. The summed E-state index contributed by atoms with van der Waals surface area (Å²) in [4.78, 5) is 15.7. The van der Waals surface area contributed by atoms with Gasteiger partial charge in [0, 0.05) is 12.1 Å². The average molecular weight is 292 g/mol. The molecule has 5 nitrogen and oxygen atoms in total. The number of carbonyl (C=O) groups is 1. The van der Waals surface area contributed by atoms with Gasteiger partial charge in [0.15, 0.2) is 5.82 Å². The van der Waals surface area contributed by atoms with Crippen LogP contribution in [0.25, 0.3) is 5.82 Å². The lowest BCUT2D eigenvalue weighted by Crippen LogP contribution is -2.04. The highest BCUT2D eigenvalue weighted by molar-refractivity contribution is 6.33. The molecule has 1 aliphatic rings. The molecule has 0 spiro atoms. The lowest BCUT2D eigenvalue weighted by molar-refractivity contribution is 0.0695. The van der Waals surface area contributed by atoms with Gasteiger partial charge in [-0.05, 0) is 25.0 Å². The Bertz CT molecular complexity index is 633. The molecule has 1 aliphatic carbocycles. The Balaban J connectivity index is 2.13. The molecule has 104 valence electrons. The second-order valence-electron chi connectivity index (χ2n) is 4.94. The third-order valence-corrected chi connectivity index (χ3v) is 4.03. The highest BCUT2D eigenvalue weighted by atomic mass is 35.5. The Labute approximate surface area is 121 Å². The van der Waals surface area contributed by atoms with E-state index < -0.39 is 5.97 Å². The minimum atomic E-state index is -1.03. The van der Waals surface area contributed by atoms with E-state index in [9.17, 15) is 9.90 Å². The van der Waals surface area contributed by atoms with Crippen molar-refractivity contribution in [1.82, 2.24) is 14.8 Å². The van der Waals surface area contributed by atoms with Gasteiger partial charge in [-0.2, -0.15) is 5.10 Å². The zero-order valence-corrected chi connectivity index (χ0v) is 11.5. The summed E-state index contributed by atoms with van der Waals surface area (Å²) in [5.41, 5.74) is 0.704. The van der Waals surface area contributed by atoms with Crippen molar-refractivity contribution in [2.75, 3.05) is 0 Å². The van der Waals surface area contributed by atoms with Crippen LogP contribution in [0, 0.1) is 0 Å². The third-order valence-electron chi connectivity index (χ3n) is 3.68. The minimum Gasteiger partial charge on any atom is -0.478 e. The summed E-state index contributed by atoms with van der Waals surface area (Å²) in [7, 11) is 0. The van der Waals surface area contributed by atoms with Gasteiger partial charge >= 0.3 is 5.97 Å². The van der Waals surface area contributed by atoms with Crippen molar-refractivity contribution in [3.63, 3.8) is 0 Å². The van der Waals surface area contributed by atoms with Gasteiger partial charge in [0.1, 0.15) is 10.7 Å². The van der Waals surface area contributed by atoms with Crippen molar-refractivity contribution >= 4 is 17.6 Å². The molecule has 0 amide bonds. The van der Waals surface area contributed by atoms with Crippen LogP contribution in [0.5, 0.6) is 0 Å². The van der Waals surface area contributed by atoms with Crippen molar-refractivity contribution in [2.24, 2.45) is 0 Å². The first-order valence-electron chi connectivity index (χ1n) is 6.61. The number of aromatic carboxylic acids is 1. The van der Waals surface area contributed by atoms with Crippen LogP contribution in [-0.4, -0.2) is 25.8 Å². The SMILES string of the molecule is O=C(O)c1c(C2CCCC2)nn(-c2ccccn2)c1Cl. The molecule has 0 saturated heterocycles. The molecule has 0 unspecified atom stereocenters. The molecule has 3 rings (SSSR count). The first kappa shape index (κ1) is 13.1. The van der Waals surface area contributed by atoms with E-state index in [1.807, 2.05) is 6.07 Å². The zero-order chi connectivity index (χ0) is 14.1. The number of rotatable bonds is 3. The molecule has 1 N–H and O–H groups in total. The van der Waals surface area contributed by atoms with Crippen LogP contribution < -0.4 is 0 Å². The van der Waals surface area contributed by atoms with Crippen LogP contribution in [0.4, 0.5) is 0 Å². The van der Waals surface area contributed by atoms with Gasteiger partial charge in [-0.15, -0.1) is 0 Å². The number of aromatic nitrogens is 3. The molecule has 0 radical (unpaired) electrons. The average Bonchev–Trinajstić information content (AvgIpc) is 3.06. The van der Waals surface area contributed by atoms with Gasteiger partial charge in [0.05, 0.1) is 5.69 Å². The predicted octanol–water partition coefficient (Wildman–Crippen LogP) is 3.28. The van der Waals surface area contributed by atoms with Crippen molar-refractivity contribution in [1.29, 1.82) is 0 Å². The molecule has 2 aromatic heterocycles. The topological polar surface area (TPSA) is 68.0 Å². The van der Waals surface area contributed by atoms with Crippen LogP contribution in [0.1, 0.15) is 47.7 Å². The molecule has 0 bridgehead atoms. The van der Waals surface area contributed by atoms with Gasteiger partial charge in [-0.1, -0.05) is 30.5 Å². The molecule has 20 heavy (non-hydrogen) atoms. The Morgan fingerprint density at radius 1 is 1.35 bits per heavy atom. The number of halogens is 1. The van der Waals surface area contributed by atoms with E-state index in [1.54, 1.807) is 18.3 Å². The first-order valence-corrected chi connectivity index (χ1v) is 6.99. The summed E-state index contributed by atoms with van der Waals surface area (Å²) in [5, 5.41) is 14.0. The molecule has 0 aliphatic heterocycles. The maximum atomic E-state index is 11.5. The summed E-state index contributed by atoms with van der Waals surface area (Å²) < 4.78 is 1.42. The first-order chi connectivity index (χ1) is 9.68. The normalized spacial score (nSPS) is 15.7. The number of nitrogens with zero attached hydrogens (tertiary/aromatic N) is 3. The van der Waals surface area contributed by atoms with E-state index in [0.717, 1.165) is 25.7 Å².